The highest BCUT2D eigenvalue weighted by Crippen LogP contribution is 2.23. The number of hydrogen-bond donors (Lipinski definition) is 1. The lowest BCUT2D eigenvalue weighted by Crippen LogP contribution is -2.21. The molecule has 128 valence electrons. The maximum atomic E-state index is 12.0. The van der Waals surface area contributed by atoms with Crippen molar-refractivity contribution in [1.29, 1.82) is 0 Å². The van der Waals surface area contributed by atoms with Gasteiger partial charge in [0.1, 0.15) is 0 Å². The van der Waals surface area contributed by atoms with Gasteiger partial charge >= 0.3 is 5.97 Å². The predicted molar refractivity (Wildman–Crippen MR) is 92.3 cm³/mol. The monoisotopic (exact) mass is 329 g/mol. The molecule has 0 bridgehead atoms. The molecule has 0 radical (unpaired) electrons. The molecule has 1 heterocycles. The second-order valence-electron chi connectivity index (χ2n) is 5.75. The van der Waals surface area contributed by atoms with Crippen molar-refractivity contribution in [2.75, 3.05) is 11.9 Å². The third-order valence-corrected chi connectivity index (χ3v) is 3.65. The van der Waals surface area contributed by atoms with Crippen LogP contribution in [0.25, 0.3) is 5.69 Å². The van der Waals surface area contributed by atoms with Crippen LogP contribution in [0.3, 0.4) is 0 Å². The van der Waals surface area contributed by atoms with Gasteiger partial charge in [0.25, 0.3) is 5.91 Å². The van der Waals surface area contributed by atoms with Crippen LogP contribution in [0.2, 0.25) is 0 Å². The molecule has 0 saturated carbocycles. The summed E-state index contributed by atoms with van der Waals surface area (Å²) < 4.78 is 6.71. The Bertz CT molecular complexity index is 733. The summed E-state index contributed by atoms with van der Waals surface area (Å²) in [7, 11) is 0. The van der Waals surface area contributed by atoms with Crippen LogP contribution in [0, 0.1) is 20.8 Å². The van der Waals surface area contributed by atoms with Crippen LogP contribution in [-0.4, -0.2) is 28.3 Å². The van der Waals surface area contributed by atoms with E-state index in [-0.39, 0.29) is 18.5 Å². The number of aromatic nitrogens is 2. The lowest BCUT2D eigenvalue weighted by Gasteiger charge is -2.08. The zero-order valence-corrected chi connectivity index (χ0v) is 14.5. The molecular formula is C18H23N3O3. The number of ether oxygens (including phenoxy) is 1. The summed E-state index contributed by atoms with van der Waals surface area (Å²) in [4.78, 5) is 23.3. The molecule has 1 amide bonds. The van der Waals surface area contributed by atoms with E-state index >= 15 is 0 Å². The molecule has 1 aromatic heterocycles. The Hall–Kier alpha value is -2.63. The minimum Gasteiger partial charge on any atom is -0.456 e. The average Bonchev–Trinajstić information content (AvgIpc) is 2.82. The fourth-order valence-electron chi connectivity index (χ4n) is 2.36. The Balaban J connectivity index is 2.10. The quantitative estimate of drug-likeness (QED) is 0.827. The Morgan fingerprint density at radius 3 is 2.46 bits per heavy atom. The molecular weight excluding hydrogens is 306 g/mol. The minimum absolute atomic E-state index is 0.284. The number of esters is 1. The molecule has 1 aromatic carbocycles. The number of amides is 1. The van der Waals surface area contributed by atoms with Gasteiger partial charge < -0.3 is 10.1 Å². The number of anilines is 1. The number of aryl methyl sites for hydroxylation is 2. The molecule has 24 heavy (non-hydrogen) atoms. The van der Waals surface area contributed by atoms with Gasteiger partial charge in [-0.05, 0) is 39.3 Å². The highest BCUT2D eigenvalue weighted by molar-refractivity contribution is 5.93. The lowest BCUT2D eigenvalue weighted by molar-refractivity contribution is -0.147. The number of carbonyl (C=O) groups excluding carboxylic acids is 2. The van der Waals surface area contributed by atoms with Crippen LogP contribution in [0.1, 0.15) is 36.7 Å². The molecule has 0 spiro atoms. The summed E-state index contributed by atoms with van der Waals surface area (Å²) in [6.45, 7) is 7.34. The average molecular weight is 329 g/mol. The molecule has 6 nitrogen and oxygen atoms in total. The van der Waals surface area contributed by atoms with E-state index in [1.54, 1.807) is 4.68 Å². The summed E-state index contributed by atoms with van der Waals surface area (Å²) in [5.74, 6) is -0.731. The van der Waals surface area contributed by atoms with E-state index in [2.05, 4.69) is 10.4 Å². The van der Waals surface area contributed by atoms with Crippen LogP contribution in [0.15, 0.2) is 24.3 Å². The zero-order chi connectivity index (χ0) is 17.7. The molecule has 0 fully saturated rings. The molecule has 0 atom stereocenters. The predicted octanol–water partition coefficient (Wildman–Crippen LogP) is 3.08. The third kappa shape index (κ3) is 4.22. The van der Waals surface area contributed by atoms with Crippen LogP contribution in [0.5, 0.6) is 0 Å². The number of rotatable bonds is 6. The number of carbonyl (C=O) groups is 2. The summed E-state index contributed by atoms with van der Waals surface area (Å²) >= 11 is 0. The van der Waals surface area contributed by atoms with Gasteiger partial charge in [0.15, 0.2) is 6.61 Å². The first-order valence-electron chi connectivity index (χ1n) is 8.01. The van der Waals surface area contributed by atoms with E-state index in [9.17, 15) is 9.59 Å². The molecule has 2 aromatic rings. The maximum absolute atomic E-state index is 12.0. The Kier molecular flexibility index (Phi) is 5.73. The molecule has 0 aliphatic carbocycles. The highest BCUT2D eigenvalue weighted by atomic mass is 16.5. The van der Waals surface area contributed by atoms with Crippen molar-refractivity contribution in [3.63, 3.8) is 0 Å². The van der Waals surface area contributed by atoms with Crippen molar-refractivity contribution in [1.82, 2.24) is 9.78 Å². The maximum Gasteiger partial charge on any atom is 0.306 e. The molecule has 0 aliphatic heterocycles. The van der Waals surface area contributed by atoms with E-state index < -0.39 is 0 Å². The van der Waals surface area contributed by atoms with Crippen molar-refractivity contribution < 1.29 is 14.3 Å². The summed E-state index contributed by atoms with van der Waals surface area (Å²) in [6, 6.07) is 7.98. The first kappa shape index (κ1) is 17.7. The van der Waals surface area contributed by atoms with Crippen molar-refractivity contribution >= 4 is 17.6 Å². The van der Waals surface area contributed by atoms with Gasteiger partial charge in [-0.15, -0.1) is 0 Å². The Labute approximate surface area is 141 Å². The second-order valence-corrected chi connectivity index (χ2v) is 5.75. The number of hydrogen-bond acceptors (Lipinski definition) is 4. The Morgan fingerprint density at radius 2 is 1.83 bits per heavy atom. The van der Waals surface area contributed by atoms with Crippen LogP contribution >= 0.6 is 0 Å². The van der Waals surface area contributed by atoms with Gasteiger partial charge in [0.05, 0.1) is 22.8 Å². The molecule has 6 heteroatoms. The largest absolute Gasteiger partial charge is 0.456 e. The van der Waals surface area contributed by atoms with Crippen LogP contribution in [-0.2, 0) is 14.3 Å². The van der Waals surface area contributed by atoms with Gasteiger partial charge in [0, 0.05) is 6.42 Å². The zero-order valence-electron chi connectivity index (χ0n) is 14.5. The van der Waals surface area contributed by atoms with Gasteiger partial charge in [-0.3, -0.25) is 9.59 Å². The van der Waals surface area contributed by atoms with Crippen molar-refractivity contribution in [3.05, 3.63) is 41.2 Å². The van der Waals surface area contributed by atoms with Crippen molar-refractivity contribution in [2.24, 2.45) is 0 Å². The Morgan fingerprint density at radius 1 is 1.17 bits per heavy atom. The standard InChI is InChI=1S/C18H23N3O3/c1-5-6-17(23)24-11-16(22)19-18-13(3)20-21(14(18)4)15-9-7-12(2)8-10-15/h7-10H,5-6,11H2,1-4H3,(H,19,22). The first-order valence-corrected chi connectivity index (χ1v) is 8.01. The number of benzene rings is 1. The normalized spacial score (nSPS) is 10.5. The van der Waals surface area contributed by atoms with Crippen molar-refractivity contribution in [2.45, 2.75) is 40.5 Å². The molecule has 0 unspecified atom stereocenters. The van der Waals surface area contributed by atoms with E-state index in [1.165, 1.54) is 5.56 Å². The minimum atomic E-state index is -0.367. The fourth-order valence-corrected chi connectivity index (χ4v) is 2.36. The van der Waals surface area contributed by atoms with E-state index in [0.29, 0.717) is 24.2 Å². The lowest BCUT2D eigenvalue weighted by atomic mass is 10.2. The smallest absolute Gasteiger partial charge is 0.306 e. The SMILES string of the molecule is CCCC(=O)OCC(=O)Nc1c(C)nn(-c2ccc(C)cc2)c1C. The summed E-state index contributed by atoms with van der Waals surface area (Å²) in [5, 5.41) is 7.26. The molecule has 0 saturated heterocycles. The van der Waals surface area contributed by atoms with Crippen LogP contribution in [0.4, 0.5) is 5.69 Å². The van der Waals surface area contributed by atoms with Crippen LogP contribution < -0.4 is 5.32 Å². The molecule has 2 rings (SSSR count). The van der Waals surface area contributed by atoms with E-state index in [0.717, 1.165) is 11.4 Å². The van der Waals surface area contributed by atoms with Gasteiger partial charge in [-0.25, -0.2) is 4.68 Å². The third-order valence-electron chi connectivity index (χ3n) is 3.65. The number of nitrogens with zero attached hydrogens (tertiary/aromatic N) is 2. The fraction of sp³-hybridized carbons (Fsp3) is 0.389. The topological polar surface area (TPSA) is 73.2 Å². The second kappa shape index (κ2) is 7.77. The number of nitrogens with one attached hydrogen (secondary N) is 1. The van der Waals surface area contributed by atoms with Gasteiger partial charge in [-0.2, -0.15) is 5.10 Å². The van der Waals surface area contributed by atoms with Gasteiger partial charge in [0.2, 0.25) is 0 Å². The van der Waals surface area contributed by atoms with E-state index in [1.807, 2.05) is 52.0 Å². The van der Waals surface area contributed by atoms with Crippen molar-refractivity contribution in [3.8, 4) is 5.69 Å². The summed E-state index contributed by atoms with van der Waals surface area (Å²) in [5.41, 5.74) is 4.27. The molecule has 0 aliphatic rings. The summed E-state index contributed by atoms with van der Waals surface area (Å²) in [6.07, 6.45) is 1.01. The first-order chi connectivity index (χ1) is 11.4. The van der Waals surface area contributed by atoms with Gasteiger partial charge in [-0.1, -0.05) is 24.6 Å². The molecule has 1 N–H and O–H groups in total. The van der Waals surface area contributed by atoms with E-state index in [4.69, 9.17) is 4.74 Å². The highest BCUT2D eigenvalue weighted by Gasteiger charge is 2.16.